The van der Waals surface area contributed by atoms with Gasteiger partial charge in [-0.1, -0.05) is 25.5 Å². The Labute approximate surface area is 221 Å². The largest absolute Gasteiger partial charge is 0.396 e. The van der Waals surface area contributed by atoms with Crippen LogP contribution in [-0.4, -0.2) is 91.4 Å². The minimum Gasteiger partial charge on any atom is -0.396 e. The summed E-state index contributed by atoms with van der Waals surface area (Å²) in [5.41, 5.74) is 9.74. The van der Waals surface area contributed by atoms with Gasteiger partial charge in [-0.25, -0.2) is 4.98 Å². The lowest BCUT2D eigenvalue weighted by Crippen LogP contribution is -2.47. The van der Waals surface area contributed by atoms with Crippen LogP contribution in [0.15, 0.2) is 36.7 Å². The molecule has 1 aliphatic rings. The van der Waals surface area contributed by atoms with Gasteiger partial charge in [-0.2, -0.15) is 10.1 Å². The molecule has 1 aliphatic heterocycles. The second kappa shape index (κ2) is 11.3. The number of hydrogen-bond acceptors (Lipinski definition) is 9. The first-order chi connectivity index (χ1) is 18.5. The van der Waals surface area contributed by atoms with Crippen LogP contribution in [0, 0.1) is 0 Å². The SMILES string of the molecule is CCCC(CCO)Nc1nc(N)nc2cnn(Cc3ccc(C(=O)N4CCN(C)CC4)c4cccnc34)c12. The highest BCUT2D eigenvalue weighted by Gasteiger charge is 2.23. The maximum absolute atomic E-state index is 13.4. The first-order valence-electron chi connectivity index (χ1n) is 13.2. The second-order valence-electron chi connectivity index (χ2n) is 9.88. The Bertz CT molecular complexity index is 1420. The maximum Gasteiger partial charge on any atom is 0.254 e. The number of anilines is 2. The van der Waals surface area contributed by atoms with Crippen LogP contribution in [0.25, 0.3) is 21.9 Å². The Morgan fingerprint density at radius 3 is 2.74 bits per heavy atom. The lowest BCUT2D eigenvalue weighted by atomic mass is 10.0. The van der Waals surface area contributed by atoms with E-state index in [0.717, 1.165) is 47.9 Å². The minimum atomic E-state index is 0.0356. The van der Waals surface area contributed by atoms with E-state index in [1.807, 2.05) is 33.8 Å². The van der Waals surface area contributed by atoms with Crippen molar-refractivity contribution in [3.63, 3.8) is 0 Å². The van der Waals surface area contributed by atoms with E-state index >= 15 is 0 Å². The van der Waals surface area contributed by atoms with Gasteiger partial charge in [0.1, 0.15) is 11.0 Å². The number of carbonyl (C=O) groups excluding carboxylic acids is 1. The normalized spacial score (nSPS) is 15.3. The van der Waals surface area contributed by atoms with Crippen molar-refractivity contribution in [1.82, 2.24) is 34.5 Å². The lowest BCUT2D eigenvalue weighted by molar-refractivity contribution is 0.0666. The molecule has 1 saturated heterocycles. The first kappa shape index (κ1) is 25.8. The molecule has 11 nitrogen and oxygen atoms in total. The standard InChI is InChI=1S/C27H35N9O2/c1-3-5-19(9-15-37)31-25-24-22(32-27(28)33-25)16-30-36(24)17-18-7-8-21(20-6-4-10-29-23(18)20)26(38)35-13-11-34(2)12-14-35/h4,6-8,10,16,19,37H,3,5,9,11-15,17H2,1-2H3,(H3,28,31,32,33). The fourth-order valence-corrected chi connectivity index (χ4v) is 5.11. The summed E-state index contributed by atoms with van der Waals surface area (Å²) in [4.78, 5) is 31.1. The molecule has 4 heterocycles. The highest BCUT2D eigenvalue weighted by Crippen LogP contribution is 2.27. The number of nitrogen functional groups attached to an aromatic ring is 1. The van der Waals surface area contributed by atoms with Crippen molar-refractivity contribution in [3.05, 3.63) is 47.8 Å². The number of aliphatic hydroxyl groups excluding tert-OH is 1. The number of amides is 1. The Morgan fingerprint density at radius 2 is 1.97 bits per heavy atom. The summed E-state index contributed by atoms with van der Waals surface area (Å²) in [5.74, 6) is 0.794. The zero-order chi connectivity index (χ0) is 26.6. The van der Waals surface area contributed by atoms with Gasteiger partial charge in [0.05, 0.1) is 18.3 Å². The number of piperazine rings is 1. The summed E-state index contributed by atoms with van der Waals surface area (Å²) >= 11 is 0. The van der Waals surface area contributed by atoms with E-state index in [1.54, 1.807) is 12.4 Å². The van der Waals surface area contributed by atoms with E-state index in [2.05, 4.69) is 44.2 Å². The molecule has 1 atom stereocenters. The number of fused-ring (bicyclic) bond motifs is 2. The molecule has 3 aromatic heterocycles. The topological polar surface area (TPSA) is 138 Å². The fraction of sp³-hybridized carbons (Fsp3) is 0.444. The second-order valence-corrected chi connectivity index (χ2v) is 9.88. The molecule has 0 saturated carbocycles. The average molecular weight is 518 g/mol. The first-order valence-corrected chi connectivity index (χ1v) is 13.2. The van der Waals surface area contributed by atoms with Crippen LogP contribution < -0.4 is 11.1 Å². The zero-order valence-electron chi connectivity index (χ0n) is 22.0. The van der Waals surface area contributed by atoms with Crippen molar-refractivity contribution in [3.8, 4) is 0 Å². The van der Waals surface area contributed by atoms with E-state index < -0.39 is 0 Å². The molecule has 5 rings (SSSR count). The summed E-state index contributed by atoms with van der Waals surface area (Å²) in [6, 6.07) is 7.73. The van der Waals surface area contributed by atoms with Crippen molar-refractivity contribution in [1.29, 1.82) is 0 Å². The van der Waals surface area contributed by atoms with Gasteiger partial charge in [0, 0.05) is 56.0 Å². The van der Waals surface area contributed by atoms with Crippen LogP contribution in [0.2, 0.25) is 0 Å². The van der Waals surface area contributed by atoms with E-state index in [1.165, 1.54) is 0 Å². The smallest absolute Gasteiger partial charge is 0.254 e. The number of benzene rings is 1. The van der Waals surface area contributed by atoms with Gasteiger partial charge in [0.25, 0.3) is 5.91 Å². The third kappa shape index (κ3) is 5.25. The van der Waals surface area contributed by atoms with Gasteiger partial charge in [-0.05, 0) is 37.6 Å². The molecule has 0 spiro atoms. The number of nitrogens with zero attached hydrogens (tertiary/aromatic N) is 7. The number of hydrogen-bond donors (Lipinski definition) is 3. The molecule has 1 fully saturated rings. The zero-order valence-corrected chi connectivity index (χ0v) is 22.0. The van der Waals surface area contributed by atoms with E-state index in [-0.39, 0.29) is 24.5 Å². The number of nitrogens with one attached hydrogen (secondary N) is 1. The van der Waals surface area contributed by atoms with Crippen molar-refractivity contribution >= 4 is 39.6 Å². The number of nitrogens with two attached hydrogens (primary N) is 1. The molecule has 1 amide bonds. The molecule has 4 N–H and O–H groups in total. The van der Waals surface area contributed by atoms with Gasteiger partial charge >= 0.3 is 0 Å². The predicted molar refractivity (Wildman–Crippen MR) is 148 cm³/mol. The summed E-state index contributed by atoms with van der Waals surface area (Å²) in [6.45, 7) is 5.77. The van der Waals surface area contributed by atoms with Crippen LogP contribution in [0.1, 0.15) is 42.1 Å². The maximum atomic E-state index is 13.4. The summed E-state index contributed by atoms with van der Waals surface area (Å²) in [7, 11) is 2.08. The molecule has 38 heavy (non-hydrogen) atoms. The summed E-state index contributed by atoms with van der Waals surface area (Å²) in [6.07, 6.45) is 5.89. The minimum absolute atomic E-state index is 0.0356. The van der Waals surface area contributed by atoms with Crippen molar-refractivity contribution < 1.29 is 9.90 Å². The predicted octanol–water partition coefficient (Wildman–Crippen LogP) is 2.36. The number of pyridine rings is 1. The highest BCUT2D eigenvalue weighted by atomic mass is 16.3. The molecule has 0 bridgehead atoms. The third-order valence-corrected chi connectivity index (χ3v) is 7.16. The molecular weight excluding hydrogens is 482 g/mol. The molecule has 1 aromatic carbocycles. The van der Waals surface area contributed by atoms with Gasteiger partial charge in [-0.3, -0.25) is 14.5 Å². The molecule has 200 valence electrons. The molecule has 11 heteroatoms. The lowest BCUT2D eigenvalue weighted by Gasteiger charge is -2.32. The third-order valence-electron chi connectivity index (χ3n) is 7.16. The van der Waals surface area contributed by atoms with Crippen molar-refractivity contribution in [2.75, 3.05) is 50.9 Å². The van der Waals surface area contributed by atoms with Gasteiger partial charge in [0.15, 0.2) is 5.82 Å². The van der Waals surface area contributed by atoms with E-state index in [9.17, 15) is 9.90 Å². The highest BCUT2D eigenvalue weighted by molar-refractivity contribution is 6.07. The summed E-state index contributed by atoms with van der Waals surface area (Å²) in [5, 5.41) is 18.4. The monoisotopic (exact) mass is 517 g/mol. The van der Waals surface area contributed by atoms with Crippen molar-refractivity contribution in [2.45, 2.75) is 38.8 Å². The molecule has 0 aliphatic carbocycles. The average Bonchev–Trinajstić information content (AvgIpc) is 3.31. The molecule has 1 unspecified atom stereocenters. The van der Waals surface area contributed by atoms with E-state index in [0.29, 0.717) is 43.0 Å². The van der Waals surface area contributed by atoms with Crippen LogP contribution in [0.5, 0.6) is 0 Å². The fourth-order valence-electron chi connectivity index (χ4n) is 5.11. The quantitative estimate of drug-likeness (QED) is 0.305. The summed E-state index contributed by atoms with van der Waals surface area (Å²) < 4.78 is 1.84. The van der Waals surface area contributed by atoms with Crippen LogP contribution >= 0.6 is 0 Å². The van der Waals surface area contributed by atoms with Crippen LogP contribution in [0.3, 0.4) is 0 Å². The number of aromatic nitrogens is 5. The van der Waals surface area contributed by atoms with Gasteiger partial charge < -0.3 is 26.0 Å². The van der Waals surface area contributed by atoms with E-state index in [4.69, 9.17) is 5.73 Å². The Hall–Kier alpha value is -3.83. The Morgan fingerprint density at radius 1 is 1.16 bits per heavy atom. The molecule has 0 radical (unpaired) electrons. The Kier molecular flexibility index (Phi) is 7.66. The van der Waals surface area contributed by atoms with Gasteiger partial charge in [-0.15, -0.1) is 0 Å². The number of aliphatic hydroxyl groups is 1. The van der Waals surface area contributed by atoms with Gasteiger partial charge in [0.2, 0.25) is 5.95 Å². The van der Waals surface area contributed by atoms with Crippen LogP contribution in [0.4, 0.5) is 11.8 Å². The number of likely N-dealkylation sites (N-methyl/N-ethyl adjacent to an activating group) is 1. The Balaban J connectivity index is 1.50. The molecule has 4 aromatic rings. The van der Waals surface area contributed by atoms with Crippen LogP contribution in [-0.2, 0) is 6.54 Å². The molecular formula is C27H35N9O2. The van der Waals surface area contributed by atoms with Crippen molar-refractivity contribution in [2.24, 2.45) is 0 Å². The number of rotatable bonds is 9. The number of carbonyl (C=O) groups is 1.